The average molecular weight is 313 g/mol. The third-order valence-electron chi connectivity index (χ3n) is 2.39. The number of alkyl halides is 3. The van der Waals surface area contributed by atoms with Gasteiger partial charge in [0.15, 0.2) is 0 Å². The number of nitrogens with one attached hydrogen (secondary N) is 1. The Bertz CT molecular complexity index is 482. The molecule has 0 bridgehead atoms. The van der Waals surface area contributed by atoms with E-state index in [4.69, 9.17) is 21.4 Å². The van der Waals surface area contributed by atoms with Gasteiger partial charge in [0, 0.05) is 26.3 Å². The molecule has 0 aliphatic heterocycles. The Labute approximate surface area is 117 Å². The van der Waals surface area contributed by atoms with Crippen molar-refractivity contribution in [1.82, 2.24) is 4.98 Å². The standard InChI is InChI=1S/C11H12ClF3N2O3/c1-20-3-2-8(10(18)19)17-9-7(12)4-6(5-16-9)11(13,14)15/h4-5,8H,2-3H2,1H3,(H,16,17)(H,18,19). The van der Waals surface area contributed by atoms with Gasteiger partial charge in [-0.15, -0.1) is 0 Å². The minimum atomic E-state index is -4.56. The first-order valence-corrected chi connectivity index (χ1v) is 5.84. The zero-order chi connectivity index (χ0) is 15.3. The molecule has 0 amide bonds. The van der Waals surface area contributed by atoms with Crippen molar-refractivity contribution in [2.24, 2.45) is 0 Å². The third-order valence-corrected chi connectivity index (χ3v) is 2.68. The van der Waals surface area contributed by atoms with Crippen LogP contribution in [0.3, 0.4) is 0 Å². The number of pyridine rings is 1. The van der Waals surface area contributed by atoms with Crippen LogP contribution in [0.25, 0.3) is 0 Å². The number of methoxy groups -OCH3 is 1. The van der Waals surface area contributed by atoms with Gasteiger partial charge in [0.2, 0.25) is 0 Å². The van der Waals surface area contributed by atoms with E-state index in [1.165, 1.54) is 7.11 Å². The molecule has 0 fully saturated rings. The van der Waals surface area contributed by atoms with Crippen molar-refractivity contribution < 1.29 is 27.8 Å². The first kappa shape index (κ1) is 16.5. The highest BCUT2D eigenvalue weighted by atomic mass is 35.5. The SMILES string of the molecule is COCCC(Nc1ncc(C(F)(F)F)cc1Cl)C(=O)O. The van der Waals surface area contributed by atoms with E-state index >= 15 is 0 Å². The van der Waals surface area contributed by atoms with Crippen molar-refractivity contribution in [2.45, 2.75) is 18.6 Å². The Hall–Kier alpha value is -1.54. The molecule has 0 saturated heterocycles. The highest BCUT2D eigenvalue weighted by molar-refractivity contribution is 6.33. The van der Waals surface area contributed by atoms with Crippen LogP contribution in [0.4, 0.5) is 19.0 Å². The first-order chi connectivity index (χ1) is 9.25. The van der Waals surface area contributed by atoms with Gasteiger partial charge in [-0.05, 0) is 6.07 Å². The van der Waals surface area contributed by atoms with Gasteiger partial charge in [-0.3, -0.25) is 0 Å². The number of carboxylic acid groups (broad SMARTS) is 1. The molecule has 1 rings (SSSR count). The van der Waals surface area contributed by atoms with E-state index in [0.29, 0.717) is 12.3 Å². The molecular formula is C11H12ClF3N2O3. The number of anilines is 1. The molecule has 112 valence electrons. The lowest BCUT2D eigenvalue weighted by molar-refractivity contribution is -0.139. The number of ether oxygens (including phenoxy) is 1. The maximum atomic E-state index is 12.4. The molecule has 0 aliphatic carbocycles. The molecular weight excluding hydrogens is 301 g/mol. The molecule has 9 heteroatoms. The third kappa shape index (κ3) is 4.53. The first-order valence-electron chi connectivity index (χ1n) is 5.46. The molecule has 5 nitrogen and oxygen atoms in total. The number of carboxylic acids is 1. The molecule has 0 aromatic carbocycles. The second-order valence-electron chi connectivity index (χ2n) is 3.87. The molecule has 1 unspecified atom stereocenters. The Morgan fingerprint density at radius 2 is 2.25 bits per heavy atom. The van der Waals surface area contributed by atoms with E-state index in [1.54, 1.807) is 0 Å². The number of aromatic nitrogens is 1. The summed E-state index contributed by atoms with van der Waals surface area (Å²) in [6.07, 6.45) is -3.86. The van der Waals surface area contributed by atoms with E-state index in [-0.39, 0.29) is 23.9 Å². The number of halogens is 4. The Kier molecular flexibility index (Phi) is 5.58. The Balaban J connectivity index is 2.88. The summed E-state index contributed by atoms with van der Waals surface area (Å²) in [5.41, 5.74) is -1.00. The minimum Gasteiger partial charge on any atom is -0.480 e. The number of aliphatic carboxylic acids is 1. The molecule has 2 N–H and O–H groups in total. The van der Waals surface area contributed by atoms with Crippen LogP contribution in [0, 0.1) is 0 Å². The molecule has 1 atom stereocenters. The fraction of sp³-hybridized carbons (Fsp3) is 0.455. The lowest BCUT2D eigenvalue weighted by Crippen LogP contribution is -2.31. The van der Waals surface area contributed by atoms with E-state index in [2.05, 4.69) is 10.3 Å². The summed E-state index contributed by atoms with van der Waals surface area (Å²) < 4.78 is 42.0. The highest BCUT2D eigenvalue weighted by Gasteiger charge is 2.32. The number of hydrogen-bond donors (Lipinski definition) is 2. The minimum absolute atomic E-state index is 0.116. The van der Waals surface area contributed by atoms with E-state index in [0.717, 1.165) is 0 Å². The van der Waals surface area contributed by atoms with Crippen LogP contribution in [0.15, 0.2) is 12.3 Å². The van der Waals surface area contributed by atoms with E-state index < -0.39 is 23.8 Å². The van der Waals surface area contributed by atoms with Crippen LogP contribution in [0.2, 0.25) is 5.02 Å². The smallest absolute Gasteiger partial charge is 0.417 e. The van der Waals surface area contributed by atoms with Gasteiger partial charge in [-0.2, -0.15) is 13.2 Å². The van der Waals surface area contributed by atoms with Crippen LogP contribution in [0.1, 0.15) is 12.0 Å². The molecule has 0 saturated carbocycles. The number of carbonyl (C=O) groups is 1. The summed E-state index contributed by atoms with van der Waals surface area (Å²) in [4.78, 5) is 14.5. The maximum Gasteiger partial charge on any atom is 0.417 e. The second-order valence-corrected chi connectivity index (χ2v) is 4.28. The van der Waals surface area contributed by atoms with E-state index in [1.807, 2.05) is 0 Å². The summed E-state index contributed by atoms with van der Waals surface area (Å²) in [5.74, 6) is -1.30. The summed E-state index contributed by atoms with van der Waals surface area (Å²) >= 11 is 5.67. The van der Waals surface area contributed by atoms with E-state index in [9.17, 15) is 18.0 Å². The second kappa shape index (κ2) is 6.76. The maximum absolute atomic E-state index is 12.4. The van der Waals surface area contributed by atoms with Gasteiger partial charge in [-0.25, -0.2) is 9.78 Å². The zero-order valence-corrected chi connectivity index (χ0v) is 11.1. The van der Waals surface area contributed by atoms with Gasteiger partial charge in [0.1, 0.15) is 11.9 Å². The van der Waals surface area contributed by atoms with Crippen molar-refractivity contribution in [3.05, 3.63) is 22.8 Å². The van der Waals surface area contributed by atoms with Crippen molar-refractivity contribution in [3.8, 4) is 0 Å². The quantitative estimate of drug-likeness (QED) is 0.845. The van der Waals surface area contributed by atoms with Crippen molar-refractivity contribution >= 4 is 23.4 Å². The predicted molar refractivity (Wildman–Crippen MR) is 65.8 cm³/mol. The van der Waals surface area contributed by atoms with Crippen molar-refractivity contribution in [2.75, 3.05) is 19.0 Å². The number of hydrogen-bond acceptors (Lipinski definition) is 4. The highest BCUT2D eigenvalue weighted by Crippen LogP contribution is 2.32. The van der Waals surface area contributed by atoms with Crippen LogP contribution >= 0.6 is 11.6 Å². The Morgan fingerprint density at radius 3 is 2.70 bits per heavy atom. The fourth-order valence-corrected chi connectivity index (χ4v) is 1.58. The average Bonchev–Trinajstić information content (AvgIpc) is 2.34. The van der Waals surface area contributed by atoms with Crippen molar-refractivity contribution in [3.63, 3.8) is 0 Å². The van der Waals surface area contributed by atoms with Crippen LogP contribution in [-0.4, -0.2) is 35.8 Å². The lowest BCUT2D eigenvalue weighted by atomic mass is 10.2. The summed E-state index contributed by atoms with van der Waals surface area (Å²) in [5, 5.41) is 11.1. The van der Waals surface area contributed by atoms with Crippen molar-refractivity contribution in [1.29, 1.82) is 0 Å². The van der Waals surface area contributed by atoms with Crippen LogP contribution in [-0.2, 0) is 15.7 Å². The van der Waals surface area contributed by atoms with Gasteiger partial charge in [-0.1, -0.05) is 11.6 Å². The number of nitrogens with zero attached hydrogens (tertiary/aromatic N) is 1. The fourth-order valence-electron chi connectivity index (χ4n) is 1.36. The normalized spacial score (nSPS) is 13.1. The molecule has 0 spiro atoms. The van der Waals surface area contributed by atoms with Crippen LogP contribution < -0.4 is 5.32 Å². The Morgan fingerprint density at radius 1 is 1.60 bits per heavy atom. The predicted octanol–water partition coefficient (Wildman–Crippen LogP) is 2.66. The van der Waals surface area contributed by atoms with Gasteiger partial charge in [0.25, 0.3) is 0 Å². The summed E-state index contributed by atoms with van der Waals surface area (Å²) in [6.45, 7) is 0.169. The topological polar surface area (TPSA) is 71.5 Å². The largest absolute Gasteiger partial charge is 0.480 e. The van der Waals surface area contributed by atoms with Crippen LogP contribution in [0.5, 0.6) is 0 Å². The summed E-state index contributed by atoms with van der Waals surface area (Å²) in [6, 6.07) is -0.372. The summed E-state index contributed by atoms with van der Waals surface area (Å²) in [7, 11) is 1.41. The van der Waals surface area contributed by atoms with Gasteiger partial charge in [0.05, 0.1) is 10.6 Å². The molecule has 1 aromatic heterocycles. The monoisotopic (exact) mass is 312 g/mol. The van der Waals surface area contributed by atoms with Gasteiger partial charge >= 0.3 is 12.1 Å². The molecule has 0 aliphatic rings. The molecule has 0 radical (unpaired) electrons. The number of rotatable bonds is 6. The molecule has 1 aromatic rings. The molecule has 1 heterocycles. The molecule has 20 heavy (non-hydrogen) atoms. The van der Waals surface area contributed by atoms with Gasteiger partial charge < -0.3 is 15.2 Å². The lowest BCUT2D eigenvalue weighted by Gasteiger charge is -2.16. The zero-order valence-electron chi connectivity index (χ0n) is 10.4.